The Hall–Kier alpha value is -3.88. The maximum Gasteiger partial charge on any atom is 0.408 e. The number of esters is 1. The number of methoxy groups -OCH3 is 1. The second-order valence-corrected chi connectivity index (χ2v) is 11.8. The Kier molecular flexibility index (Phi) is 10.9. The van der Waals surface area contributed by atoms with E-state index < -0.39 is 47.1 Å². The number of ether oxygens (including phenoxy) is 2. The molecule has 0 spiro atoms. The zero-order chi connectivity index (χ0) is 30.3. The lowest BCUT2D eigenvalue weighted by Gasteiger charge is -2.43. The summed E-state index contributed by atoms with van der Waals surface area (Å²) in [6.07, 6.45) is -0.566. The number of benzene rings is 2. The van der Waals surface area contributed by atoms with E-state index in [2.05, 4.69) is 10.6 Å². The Labute approximate surface area is 237 Å². The van der Waals surface area contributed by atoms with Gasteiger partial charge in [0.05, 0.1) is 7.11 Å². The molecule has 0 radical (unpaired) electrons. The van der Waals surface area contributed by atoms with E-state index in [1.165, 1.54) is 12.0 Å². The van der Waals surface area contributed by atoms with Gasteiger partial charge in [-0.05, 0) is 72.1 Å². The summed E-state index contributed by atoms with van der Waals surface area (Å²) in [5, 5.41) is 5.37. The Balaban J connectivity index is 2.65. The predicted octanol–water partition coefficient (Wildman–Crippen LogP) is 4.40. The maximum atomic E-state index is 14.5. The number of amides is 3. The number of hydrogen-bond acceptors (Lipinski definition) is 6. The standard InChI is InChI=1S/C31H43N3O6/c1-20-15-16-21(2)23(17-20)26(27(36)32-19-25(35)39-9)34(30(3,4)5)28(37)24(18-22-13-11-10-12-14-22)33-29(38)40-31(6,7)8/h10-17,24,26H,18-19H2,1-9H3,(H,32,36)(H,33,38). The molecule has 0 heterocycles. The molecule has 2 N–H and O–H groups in total. The number of hydrogen-bond donors (Lipinski definition) is 2. The van der Waals surface area contributed by atoms with Crippen molar-refractivity contribution in [2.24, 2.45) is 0 Å². The summed E-state index contributed by atoms with van der Waals surface area (Å²) in [5.74, 6) is -1.63. The van der Waals surface area contributed by atoms with Gasteiger partial charge in [0.1, 0.15) is 24.2 Å². The van der Waals surface area contributed by atoms with Crippen LogP contribution in [-0.2, 0) is 30.3 Å². The molecule has 0 aliphatic heterocycles. The van der Waals surface area contributed by atoms with E-state index >= 15 is 0 Å². The van der Waals surface area contributed by atoms with Gasteiger partial charge in [0.15, 0.2) is 0 Å². The highest BCUT2D eigenvalue weighted by molar-refractivity contribution is 5.94. The normalized spacial score (nSPS) is 13.0. The fourth-order valence-electron chi connectivity index (χ4n) is 4.29. The molecule has 3 amide bonds. The van der Waals surface area contributed by atoms with Crippen LogP contribution in [0.15, 0.2) is 48.5 Å². The van der Waals surface area contributed by atoms with Gasteiger partial charge in [-0.2, -0.15) is 0 Å². The van der Waals surface area contributed by atoms with E-state index in [0.717, 1.165) is 16.7 Å². The van der Waals surface area contributed by atoms with Crippen LogP contribution in [0.1, 0.15) is 69.8 Å². The fraction of sp³-hybridized carbons (Fsp3) is 0.484. The van der Waals surface area contributed by atoms with Crippen LogP contribution in [0.2, 0.25) is 0 Å². The minimum Gasteiger partial charge on any atom is -0.468 e. The minimum atomic E-state index is -1.10. The first kappa shape index (κ1) is 32.3. The van der Waals surface area contributed by atoms with Crippen molar-refractivity contribution >= 4 is 23.9 Å². The first-order valence-electron chi connectivity index (χ1n) is 13.3. The predicted molar refractivity (Wildman–Crippen MR) is 154 cm³/mol. The van der Waals surface area contributed by atoms with Gasteiger partial charge in [0.2, 0.25) is 11.8 Å². The van der Waals surface area contributed by atoms with Crippen molar-refractivity contribution in [2.75, 3.05) is 13.7 Å². The summed E-state index contributed by atoms with van der Waals surface area (Å²) in [6, 6.07) is 12.8. The van der Waals surface area contributed by atoms with Crippen LogP contribution >= 0.6 is 0 Å². The van der Waals surface area contributed by atoms with E-state index in [1.54, 1.807) is 20.8 Å². The molecule has 9 nitrogen and oxygen atoms in total. The molecule has 0 bridgehead atoms. The molecule has 2 aromatic rings. The topological polar surface area (TPSA) is 114 Å². The van der Waals surface area contributed by atoms with Crippen LogP contribution in [0.3, 0.4) is 0 Å². The monoisotopic (exact) mass is 553 g/mol. The molecule has 2 rings (SSSR count). The lowest BCUT2D eigenvalue weighted by atomic mass is 9.91. The van der Waals surface area contributed by atoms with Crippen molar-refractivity contribution in [3.05, 3.63) is 70.8 Å². The van der Waals surface area contributed by atoms with Gasteiger partial charge >= 0.3 is 12.1 Å². The number of alkyl carbamates (subject to hydrolysis) is 1. The van der Waals surface area contributed by atoms with Crippen molar-refractivity contribution in [2.45, 2.75) is 85.0 Å². The molecular formula is C31H43N3O6. The molecule has 0 aliphatic rings. The van der Waals surface area contributed by atoms with Gasteiger partial charge in [0, 0.05) is 12.0 Å². The molecular weight excluding hydrogens is 510 g/mol. The first-order chi connectivity index (χ1) is 18.5. The summed E-state index contributed by atoms with van der Waals surface area (Å²) < 4.78 is 10.2. The smallest absolute Gasteiger partial charge is 0.408 e. The molecule has 2 aromatic carbocycles. The minimum absolute atomic E-state index is 0.175. The second kappa shape index (κ2) is 13.5. The summed E-state index contributed by atoms with van der Waals surface area (Å²) in [5.41, 5.74) is 1.49. The van der Waals surface area contributed by atoms with Crippen LogP contribution in [0, 0.1) is 13.8 Å². The third kappa shape index (κ3) is 9.39. The third-order valence-electron chi connectivity index (χ3n) is 6.10. The molecule has 2 atom stereocenters. The molecule has 0 fully saturated rings. The summed E-state index contributed by atoms with van der Waals surface area (Å²) in [4.78, 5) is 54.5. The van der Waals surface area contributed by atoms with E-state index in [1.807, 2.05) is 83.1 Å². The number of carbonyl (C=O) groups is 4. The Morgan fingerprint density at radius 2 is 1.55 bits per heavy atom. The largest absolute Gasteiger partial charge is 0.468 e. The van der Waals surface area contributed by atoms with Gasteiger partial charge in [0.25, 0.3) is 0 Å². The lowest BCUT2D eigenvalue weighted by Crippen LogP contribution is -2.59. The Morgan fingerprint density at radius 1 is 0.925 bits per heavy atom. The van der Waals surface area contributed by atoms with E-state index in [-0.39, 0.29) is 13.0 Å². The van der Waals surface area contributed by atoms with Crippen LogP contribution in [0.5, 0.6) is 0 Å². The lowest BCUT2D eigenvalue weighted by molar-refractivity contribution is -0.149. The van der Waals surface area contributed by atoms with Crippen LogP contribution in [-0.4, -0.2) is 59.6 Å². The van der Waals surface area contributed by atoms with Crippen molar-refractivity contribution in [3.63, 3.8) is 0 Å². The first-order valence-corrected chi connectivity index (χ1v) is 13.3. The van der Waals surface area contributed by atoms with Crippen molar-refractivity contribution < 1.29 is 28.7 Å². The number of rotatable bonds is 9. The highest BCUT2D eigenvalue weighted by Crippen LogP contribution is 2.32. The quantitative estimate of drug-likeness (QED) is 0.445. The molecule has 0 aromatic heterocycles. The SMILES string of the molecule is COC(=O)CNC(=O)C(c1cc(C)ccc1C)N(C(=O)C(Cc1ccccc1)NC(=O)OC(C)(C)C)C(C)(C)C. The Bertz CT molecular complexity index is 1200. The highest BCUT2D eigenvalue weighted by Gasteiger charge is 2.42. The average molecular weight is 554 g/mol. The van der Waals surface area contributed by atoms with Gasteiger partial charge in [-0.3, -0.25) is 14.4 Å². The number of nitrogens with one attached hydrogen (secondary N) is 2. The van der Waals surface area contributed by atoms with Crippen molar-refractivity contribution in [3.8, 4) is 0 Å². The van der Waals surface area contributed by atoms with Crippen LogP contribution in [0.4, 0.5) is 4.79 Å². The molecule has 0 saturated heterocycles. The zero-order valence-electron chi connectivity index (χ0n) is 25.1. The Morgan fingerprint density at radius 3 is 2.10 bits per heavy atom. The summed E-state index contributed by atoms with van der Waals surface area (Å²) >= 11 is 0. The van der Waals surface area contributed by atoms with Crippen molar-refractivity contribution in [1.82, 2.24) is 15.5 Å². The zero-order valence-corrected chi connectivity index (χ0v) is 25.1. The van der Waals surface area contributed by atoms with Crippen LogP contribution < -0.4 is 10.6 Å². The molecule has 0 aliphatic carbocycles. The molecule has 2 unspecified atom stereocenters. The van der Waals surface area contributed by atoms with Crippen LogP contribution in [0.25, 0.3) is 0 Å². The third-order valence-corrected chi connectivity index (χ3v) is 6.10. The number of carbonyl (C=O) groups excluding carboxylic acids is 4. The molecule has 9 heteroatoms. The number of nitrogens with zero attached hydrogens (tertiary/aromatic N) is 1. The van der Waals surface area contributed by atoms with E-state index in [9.17, 15) is 19.2 Å². The van der Waals surface area contributed by atoms with Gasteiger partial charge in [-0.1, -0.05) is 54.1 Å². The van der Waals surface area contributed by atoms with E-state index in [4.69, 9.17) is 9.47 Å². The molecule has 218 valence electrons. The fourth-order valence-corrected chi connectivity index (χ4v) is 4.29. The van der Waals surface area contributed by atoms with E-state index in [0.29, 0.717) is 5.56 Å². The maximum absolute atomic E-state index is 14.5. The molecule has 40 heavy (non-hydrogen) atoms. The summed E-state index contributed by atoms with van der Waals surface area (Å²) in [7, 11) is 1.23. The van der Waals surface area contributed by atoms with Gasteiger partial charge in [-0.25, -0.2) is 4.79 Å². The average Bonchev–Trinajstić information content (AvgIpc) is 2.85. The summed E-state index contributed by atoms with van der Waals surface area (Å²) in [6.45, 7) is 14.1. The van der Waals surface area contributed by atoms with Gasteiger partial charge in [-0.15, -0.1) is 0 Å². The second-order valence-electron chi connectivity index (χ2n) is 11.8. The van der Waals surface area contributed by atoms with Gasteiger partial charge < -0.3 is 25.0 Å². The number of aryl methyl sites for hydroxylation is 2. The molecule has 0 saturated carbocycles. The van der Waals surface area contributed by atoms with Crippen molar-refractivity contribution in [1.29, 1.82) is 0 Å². The highest BCUT2D eigenvalue weighted by atomic mass is 16.6.